The van der Waals surface area contributed by atoms with Crippen molar-refractivity contribution in [1.82, 2.24) is 0 Å². The summed E-state index contributed by atoms with van der Waals surface area (Å²) < 4.78 is 6.52. The fourth-order valence-corrected chi connectivity index (χ4v) is 4.14. The van der Waals surface area contributed by atoms with Crippen molar-refractivity contribution in [3.8, 4) is 0 Å². The minimum atomic E-state index is -1.51. The van der Waals surface area contributed by atoms with Crippen LogP contribution >= 0.6 is 0 Å². The molecule has 0 radical (unpaired) electrons. The lowest BCUT2D eigenvalue weighted by Gasteiger charge is -2.36. The SMILES string of the molecule is C[N+]1(C)CCCC1OC(=O)C(O)(c1ccccc1)C1CCCC1.[I-]. The lowest BCUT2D eigenvalue weighted by molar-refractivity contribution is -0.921. The van der Waals surface area contributed by atoms with Crippen molar-refractivity contribution < 1.29 is 43.1 Å². The number of carbonyl (C=O) groups excluding carboxylic acids is 1. The van der Waals surface area contributed by atoms with E-state index in [4.69, 9.17) is 4.74 Å². The first-order valence-corrected chi connectivity index (χ1v) is 8.76. The Morgan fingerprint density at radius 2 is 1.75 bits per heavy atom. The van der Waals surface area contributed by atoms with Crippen molar-refractivity contribution in [3.63, 3.8) is 0 Å². The number of ether oxygens (including phenoxy) is 1. The van der Waals surface area contributed by atoms with Gasteiger partial charge in [-0.1, -0.05) is 43.2 Å². The number of carbonyl (C=O) groups is 1. The number of quaternary nitrogens is 1. The van der Waals surface area contributed by atoms with Gasteiger partial charge in [-0.05, 0) is 18.4 Å². The third-order valence-corrected chi connectivity index (χ3v) is 5.68. The summed E-state index contributed by atoms with van der Waals surface area (Å²) in [5, 5.41) is 11.4. The van der Waals surface area contributed by atoms with E-state index in [0.717, 1.165) is 45.1 Å². The van der Waals surface area contributed by atoms with E-state index in [1.54, 1.807) is 0 Å². The summed E-state index contributed by atoms with van der Waals surface area (Å²) >= 11 is 0. The van der Waals surface area contributed by atoms with E-state index >= 15 is 0 Å². The Morgan fingerprint density at radius 1 is 1.12 bits per heavy atom. The molecule has 1 aromatic rings. The van der Waals surface area contributed by atoms with Crippen molar-refractivity contribution in [2.24, 2.45) is 5.92 Å². The molecule has 0 aromatic heterocycles. The number of rotatable bonds is 4. The van der Waals surface area contributed by atoms with Gasteiger partial charge < -0.3 is 33.8 Å². The molecule has 2 atom stereocenters. The first-order valence-electron chi connectivity index (χ1n) is 8.76. The average molecular weight is 445 g/mol. The number of hydrogen-bond donors (Lipinski definition) is 1. The van der Waals surface area contributed by atoms with Crippen LogP contribution in [-0.2, 0) is 15.1 Å². The third kappa shape index (κ3) is 3.63. The summed E-state index contributed by atoms with van der Waals surface area (Å²) in [4.78, 5) is 13.0. The standard InChI is InChI=1S/C19H28NO3.HI/c1-20(2)14-8-13-17(20)23-18(21)19(22,16-11-6-7-12-16)15-9-4-3-5-10-15;/h3-5,9-10,16-17,22H,6-8,11-14H2,1-2H3;1H/q+1;/p-1. The van der Waals surface area contributed by atoms with Gasteiger partial charge in [-0.2, -0.15) is 0 Å². The maximum Gasteiger partial charge on any atom is 0.347 e. The number of esters is 1. The Bertz CT molecular complexity index is 557. The van der Waals surface area contributed by atoms with Crippen LogP contribution in [0.2, 0.25) is 0 Å². The minimum absolute atomic E-state index is 0. The normalized spacial score (nSPS) is 25.7. The molecular formula is C19H28INO3. The quantitative estimate of drug-likeness (QED) is 0.397. The van der Waals surface area contributed by atoms with Crippen LogP contribution < -0.4 is 24.0 Å². The van der Waals surface area contributed by atoms with Gasteiger partial charge in [0.25, 0.3) is 0 Å². The molecule has 1 aromatic carbocycles. The molecule has 0 spiro atoms. The number of nitrogens with zero attached hydrogens (tertiary/aromatic N) is 1. The van der Waals surface area contributed by atoms with E-state index in [1.165, 1.54) is 0 Å². The van der Waals surface area contributed by atoms with Crippen molar-refractivity contribution in [2.45, 2.75) is 50.4 Å². The lowest BCUT2D eigenvalue weighted by atomic mass is 9.80. The van der Waals surface area contributed by atoms with E-state index in [9.17, 15) is 9.90 Å². The predicted octanol–water partition coefficient (Wildman–Crippen LogP) is -0.192. The van der Waals surface area contributed by atoms with Crippen LogP contribution in [0.15, 0.2) is 30.3 Å². The molecule has 4 nitrogen and oxygen atoms in total. The van der Waals surface area contributed by atoms with Crippen molar-refractivity contribution in [1.29, 1.82) is 0 Å². The molecule has 1 saturated heterocycles. The van der Waals surface area contributed by atoms with Gasteiger partial charge >= 0.3 is 5.97 Å². The van der Waals surface area contributed by atoms with Gasteiger partial charge in [0, 0.05) is 18.8 Å². The van der Waals surface area contributed by atoms with Crippen molar-refractivity contribution in [3.05, 3.63) is 35.9 Å². The molecule has 2 fully saturated rings. The smallest absolute Gasteiger partial charge is 0.347 e. The molecule has 3 rings (SSSR count). The molecule has 24 heavy (non-hydrogen) atoms. The fourth-order valence-electron chi connectivity index (χ4n) is 4.14. The molecule has 0 bridgehead atoms. The van der Waals surface area contributed by atoms with E-state index < -0.39 is 11.6 Å². The Morgan fingerprint density at radius 3 is 2.29 bits per heavy atom. The Kier molecular flexibility index (Phi) is 6.31. The molecule has 1 N–H and O–H groups in total. The Balaban J connectivity index is 0.00000208. The number of benzene rings is 1. The zero-order chi connectivity index (χ0) is 16.5. The predicted molar refractivity (Wildman–Crippen MR) is 88.4 cm³/mol. The largest absolute Gasteiger partial charge is 1.00 e. The summed E-state index contributed by atoms with van der Waals surface area (Å²) in [5.41, 5.74) is -0.847. The number of hydrogen-bond acceptors (Lipinski definition) is 3. The summed E-state index contributed by atoms with van der Waals surface area (Å²) in [5.74, 6) is -0.511. The molecule has 1 aliphatic heterocycles. The van der Waals surface area contributed by atoms with Gasteiger partial charge in [-0.3, -0.25) is 4.48 Å². The zero-order valence-electron chi connectivity index (χ0n) is 14.6. The minimum Gasteiger partial charge on any atom is -1.00 e. The van der Waals surface area contributed by atoms with Crippen LogP contribution in [0.5, 0.6) is 0 Å². The highest BCUT2D eigenvalue weighted by Crippen LogP contribution is 2.42. The highest BCUT2D eigenvalue weighted by atomic mass is 127. The molecule has 1 heterocycles. The van der Waals surface area contributed by atoms with Gasteiger partial charge in [0.05, 0.1) is 20.6 Å². The number of halogens is 1. The monoisotopic (exact) mass is 445 g/mol. The maximum absolute atomic E-state index is 13.0. The molecule has 1 aliphatic carbocycles. The average Bonchev–Trinajstić information content (AvgIpc) is 3.18. The summed E-state index contributed by atoms with van der Waals surface area (Å²) in [6.45, 7) is 1.01. The second-order valence-electron chi connectivity index (χ2n) is 7.62. The van der Waals surface area contributed by atoms with Crippen LogP contribution in [0.4, 0.5) is 0 Å². The highest BCUT2D eigenvalue weighted by molar-refractivity contribution is 5.81. The molecule has 134 valence electrons. The summed E-state index contributed by atoms with van der Waals surface area (Å²) in [6.07, 6.45) is 5.66. The second-order valence-corrected chi connectivity index (χ2v) is 7.62. The van der Waals surface area contributed by atoms with Crippen molar-refractivity contribution in [2.75, 3.05) is 20.6 Å². The molecular weight excluding hydrogens is 417 g/mol. The fraction of sp³-hybridized carbons (Fsp3) is 0.632. The second kappa shape index (κ2) is 7.70. The summed E-state index contributed by atoms with van der Waals surface area (Å²) in [7, 11) is 4.17. The topological polar surface area (TPSA) is 46.5 Å². The van der Waals surface area contributed by atoms with Crippen LogP contribution in [0.1, 0.15) is 44.1 Å². The van der Waals surface area contributed by atoms with Crippen LogP contribution in [0, 0.1) is 5.92 Å². The number of aliphatic hydroxyl groups is 1. The third-order valence-electron chi connectivity index (χ3n) is 5.68. The highest BCUT2D eigenvalue weighted by Gasteiger charge is 2.50. The van der Waals surface area contributed by atoms with Gasteiger partial charge in [-0.25, -0.2) is 4.79 Å². The van der Waals surface area contributed by atoms with Crippen molar-refractivity contribution >= 4 is 5.97 Å². The lowest BCUT2D eigenvalue weighted by Crippen LogP contribution is -3.00. The Labute approximate surface area is 161 Å². The maximum atomic E-state index is 13.0. The molecule has 2 unspecified atom stereocenters. The molecule has 5 heteroatoms. The summed E-state index contributed by atoms with van der Waals surface area (Å²) in [6, 6.07) is 9.33. The molecule has 0 amide bonds. The van der Waals surface area contributed by atoms with E-state index in [1.807, 2.05) is 30.3 Å². The first kappa shape index (κ1) is 19.7. The van der Waals surface area contributed by atoms with Gasteiger partial charge in [0.15, 0.2) is 5.60 Å². The number of likely N-dealkylation sites (tertiary alicyclic amines) is 1. The molecule has 1 saturated carbocycles. The van der Waals surface area contributed by atoms with Crippen LogP contribution in [-0.4, -0.2) is 42.4 Å². The van der Waals surface area contributed by atoms with E-state index in [2.05, 4.69) is 14.1 Å². The first-order chi connectivity index (χ1) is 10.9. The zero-order valence-corrected chi connectivity index (χ0v) is 16.7. The van der Waals surface area contributed by atoms with Gasteiger partial charge in [0.2, 0.25) is 6.23 Å². The van der Waals surface area contributed by atoms with Crippen LogP contribution in [0.25, 0.3) is 0 Å². The van der Waals surface area contributed by atoms with Crippen LogP contribution in [0.3, 0.4) is 0 Å². The van der Waals surface area contributed by atoms with E-state index in [-0.39, 0.29) is 36.1 Å². The van der Waals surface area contributed by atoms with E-state index in [0.29, 0.717) is 10.0 Å². The molecule has 2 aliphatic rings. The van der Waals surface area contributed by atoms with Gasteiger partial charge in [-0.15, -0.1) is 0 Å². The van der Waals surface area contributed by atoms with Gasteiger partial charge in [0.1, 0.15) is 0 Å². The Hall–Kier alpha value is -0.660.